The summed E-state index contributed by atoms with van der Waals surface area (Å²) in [7, 11) is 0. The minimum absolute atomic E-state index is 0.0762. The first-order valence-corrected chi connectivity index (χ1v) is 7.86. The number of aromatic nitrogens is 1. The summed E-state index contributed by atoms with van der Waals surface area (Å²) in [5, 5.41) is 3.37. The molecule has 1 N–H and O–H groups in total. The highest BCUT2D eigenvalue weighted by Gasteiger charge is 2.20. The number of nitrogens with zero attached hydrogens (tertiary/aromatic N) is 2. The van der Waals surface area contributed by atoms with Gasteiger partial charge in [0.1, 0.15) is 0 Å². The molecule has 5 nitrogen and oxygen atoms in total. The van der Waals surface area contributed by atoms with Crippen molar-refractivity contribution in [1.29, 1.82) is 0 Å². The topological polar surface area (TPSA) is 54.5 Å². The van der Waals surface area contributed by atoms with Crippen molar-refractivity contribution in [2.75, 3.05) is 31.6 Å². The number of pyridine rings is 1. The van der Waals surface area contributed by atoms with Gasteiger partial charge >= 0.3 is 0 Å². The lowest BCUT2D eigenvalue weighted by Crippen LogP contribution is -2.41. The average Bonchev–Trinajstić information content (AvgIpc) is 2.62. The first-order chi connectivity index (χ1) is 11.3. The fourth-order valence-electron chi connectivity index (χ4n) is 2.68. The molecule has 1 fully saturated rings. The Morgan fingerprint density at radius 3 is 2.78 bits per heavy atom. The van der Waals surface area contributed by atoms with Crippen LogP contribution in [0.4, 0.5) is 5.69 Å². The van der Waals surface area contributed by atoms with Crippen LogP contribution in [-0.4, -0.2) is 42.1 Å². The lowest BCUT2D eigenvalue weighted by Gasteiger charge is -2.27. The zero-order valence-electron chi connectivity index (χ0n) is 13.3. The van der Waals surface area contributed by atoms with Crippen molar-refractivity contribution in [3.63, 3.8) is 0 Å². The number of nitrogens with one attached hydrogen (secondary N) is 1. The van der Waals surface area contributed by atoms with Crippen molar-refractivity contribution in [2.45, 2.75) is 13.5 Å². The molecule has 0 atom stereocenters. The Morgan fingerprint density at radius 1 is 1.22 bits per heavy atom. The minimum atomic E-state index is 0.0762. The number of anilines is 1. The number of hydrogen-bond acceptors (Lipinski definition) is 4. The normalized spacial score (nSPS) is 14.6. The third-order valence-electron chi connectivity index (χ3n) is 4.05. The molecule has 1 aliphatic heterocycles. The molecule has 2 aromatic rings. The minimum Gasteiger partial charge on any atom is -0.379 e. The summed E-state index contributed by atoms with van der Waals surface area (Å²) in [4.78, 5) is 18.8. The molecule has 1 amide bonds. The molecule has 0 aliphatic carbocycles. The molecule has 1 aromatic heterocycles. The van der Waals surface area contributed by atoms with Crippen LogP contribution in [0.2, 0.25) is 0 Å². The monoisotopic (exact) mass is 311 g/mol. The largest absolute Gasteiger partial charge is 0.379 e. The van der Waals surface area contributed by atoms with Crippen molar-refractivity contribution in [1.82, 2.24) is 9.88 Å². The molecule has 2 heterocycles. The summed E-state index contributed by atoms with van der Waals surface area (Å²) in [5.41, 5.74) is 3.66. The Bertz CT molecular complexity index is 667. The van der Waals surface area contributed by atoms with Crippen LogP contribution in [0.25, 0.3) is 0 Å². The van der Waals surface area contributed by atoms with Crippen molar-refractivity contribution in [3.05, 3.63) is 59.4 Å². The number of amides is 1. The van der Waals surface area contributed by atoms with Crippen molar-refractivity contribution >= 4 is 11.6 Å². The van der Waals surface area contributed by atoms with Gasteiger partial charge in [-0.1, -0.05) is 12.1 Å². The molecule has 0 bridgehead atoms. The zero-order valence-corrected chi connectivity index (χ0v) is 13.3. The third-order valence-corrected chi connectivity index (χ3v) is 4.05. The van der Waals surface area contributed by atoms with Gasteiger partial charge in [0.2, 0.25) is 0 Å². The summed E-state index contributed by atoms with van der Waals surface area (Å²) < 4.78 is 5.31. The van der Waals surface area contributed by atoms with Gasteiger partial charge in [0, 0.05) is 30.5 Å². The van der Waals surface area contributed by atoms with Crippen molar-refractivity contribution in [2.24, 2.45) is 0 Å². The van der Waals surface area contributed by atoms with Gasteiger partial charge in [-0.3, -0.25) is 9.78 Å². The first kappa shape index (κ1) is 15.5. The molecular weight excluding hydrogens is 290 g/mol. The maximum Gasteiger partial charge on any atom is 0.254 e. The first-order valence-electron chi connectivity index (χ1n) is 7.86. The molecule has 0 radical (unpaired) electrons. The van der Waals surface area contributed by atoms with E-state index >= 15 is 0 Å². The SMILES string of the molecule is Cc1c(NCc2ccccn2)cccc1C(=O)N1CCOCC1. The maximum absolute atomic E-state index is 12.7. The van der Waals surface area contributed by atoms with E-state index in [-0.39, 0.29) is 5.91 Å². The number of morpholine rings is 1. The summed E-state index contributed by atoms with van der Waals surface area (Å²) >= 11 is 0. The molecule has 3 rings (SSSR count). The van der Waals surface area contributed by atoms with Crippen LogP contribution in [-0.2, 0) is 11.3 Å². The standard InChI is InChI=1S/C18H21N3O2/c1-14-16(18(22)21-9-11-23-12-10-21)6-4-7-17(14)20-13-15-5-2-3-8-19-15/h2-8,20H,9-13H2,1H3. The van der Waals surface area contributed by atoms with E-state index < -0.39 is 0 Å². The molecule has 120 valence electrons. The van der Waals surface area contributed by atoms with Crippen molar-refractivity contribution in [3.8, 4) is 0 Å². The van der Waals surface area contributed by atoms with E-state index in [1.54, 1.807) is 6.20 Å². The Kier molecular flexibility index (Phi) is 4.88. The van der Waals surface area contributed by atoms with E-state index in [4.69, 9.17) is 4.74 Å². The van der Waals surface area contributed by atoms with E-state index in [0.29, 0.717) is 32.8 Å². The predicted molar refractivity (Wildman–Crippen MR) is 89.5 cm³/mol. The Morgan fingerprint density at radius 2 is 2.04 bits per heavy atom. The molecule has 0 unspecified atom stereocenters. The Hall–Kier alpha value is -2.40. The molecule has 0 spiro atoms. The second-order valence-electron chi connectivity index (χ2n) is 5.56. The van der Waals surface area contributed by atoms with Crippen LogP contribution in [0.15, 0.2) is 42.6 Å². The van der Waals surface area contributed by atoms with Gasteiger partial charge in [-0.25, -0.2) is 0 Å². The van der Waals surface area contributed by atoms with Gasteiger partial charge in [-0.15, -0.1) is 0 Å². The quantitative estimate of drug-likeness (QED) is 0.942. The van der Waals surface area contributed by atoms with Gasteiger partial charge in [-0.2, -0.15) is 0 Å². The van der Waals surface area contributed by atoms with Crippen LogP contribution in [0.3, 0.4) is 0 Å². The fraction of sp³-hybridized carbons (Fsp3) is 0.333. The van der Waals surface area contributed by atoms with Gasteiger partial charge in [0.05, 0.1) is 25.5 Å². The van der Waals surface area contributed by atoms with E-state index in [1.807, 2.05) is 48.2 Å². The van der Waals surface area contributed by atoms with E-state index in [2.05, 4.69) is 10.3 Å². The number of ether oxygens (including phenoxy) is 1. The lowest BCUT2D eigenvalue weighted by atomic mass is 10.0. The molecule has 0 saturated carbocycles. The Balaban J connectivity index is 1.74. The fourth-order valence-corrected chi connectivity index (χ4v) is 2.68. The van der Waals surface area contributed by atoms with Crippen molar-refractivity contribution < 1.29 is 9.53 Å². The highest BCUT2D eigenvalue weighted by Crippen LogP contribution is 2.21. The Labute approximate surface area is 136 Å². The highest BCUT2D eigenvalue weighted by molar-refractivity contribution is 5.97. The summed E-state index contributed by atoms with van der Waals surface area (Å²) in [6, 6.07) is 11.6. The third kappa shape index (κ3) is 3.68. The molecular formula is C18H21N3O2. The van der Waals surface area contributed by atoms with Gasteiger partial charge in [0.25, 0.3) is 5.91 Å². The molecule has 5 heteroatoms. The van der Waals surface area contributed by atoms with Crippen LogP contribution in [0, 0.1) is 6.92 Å². The number of benzene rings is 1. The van der Waals surface area contributed by atoms with Crippen LogP contribution < -0.4 is 5.32 Å². The lowest BCUT2D eigenvalue weighted by molar-refractivity contribution is 0.0302. The molecule has 1 aromatic carbocycles. The molecule has 1 aliphatic rings. The summed E-state index contributed by atoms with van der Waals surface area (Å²) in [5.74, 6) is 0.0762. The van der Waals surface area contributed by atoms with E-state index in [9.17, 15) is 4.79 Å². The van der Waals surface area contributed by atoms with E-state index in [1.165, 1.54) is 0 Å². The van der Waals surface area contributed by atoms with Crippen LogP contribution in [0.1, 0.15) is 21.6 Å². The molecule has 23 heavy (non-hydrogen) atoms. The van der Waals surface area contributed by atoms with Gasteiger partial charge in [0.15, 0.2) is 0 Å². The maximum atomic E-state index is 12.7. The van der Waals surface area contributed by atoms with E-state index in [0.717, 1.165) is 22.5 Å². The van der Waals surface area contributed by atoms with Gasteiger partial charge in [-0.05, 0) is 36.8 Å². The summed E-state index contributed by atoms with van der Waals surface area (Å²) in [6.07, 6.45) is 1.78. The smallest absolute Gasteiger partial charge is 0.254 e. The second kappa shape index (κ2) is 7.24. The molecule has 1 saturated heterocycles. The average molecular weight is 311 g/mol. The zero-order chi connectivity index (χ0) is 16.1. The number of rotatable bonds is 4. The van der Waals surface area contributed by atoms with Gasteiger partial charge < -0.3 is 15.0 Å². The van der Waals surface area contributed by atoms with Crippen LogP contribution in [0.5, 0.6) is 0 Å². The number of hydrogen-bond donors (Lipinski definition) is 1. The summed E-state index contributed by atoms with van der Waals surface area (Å²) in [6.45, 7) is 5.16. The predicted octanol–water partition coefficient (Wildman–Crippen LogP) is 2.47. The van der Waals surface area contributed by atoms with Crippen LogP contribution >= 0.6 is 0 Å². The number of carbonyl (C=O) groups is 1. The highest BCUT2D eigenvalue weighted by atomic mass is 16.5. The number of carbonyl (C=O) groups excluding carboxylic acids is 1. The second-order valence-corrected chi connectivity index (χ2v) is 5.56.